The van der Waals surface area contributed by atoms with Gasteiger partial charge in [0, 0.05) is 36.6 Å². The number of carbonyl (C=O) groups is 2. The zero-order valence-electron chi connectivity index (χ0n) is 18.1. The van der Waals surface area contributed by atoms with Crippen molar-refractivity contribution in [3.63, 3.8) is 0 Å². The number of rotatable bonds is 4. The van der Waals surface area contributed by atoms with Gasteiger partial charge >= 0.3 is 12.2 Å². The summed E-state index contributed by atoms with van der Waals surface area (Å²) in [6.07, 6.45) is -4.69. The van der Waals surface area contributed by atoms with Crippen LogP contribution in [0, 0.1) is 0 Å². The summed E-state index contributed by atoms with van der Waals surface area (Å²) in [7, 11) is 1.48. The molecule has 1 fully saturated rings. The number of ether oxygens (including phenoxy) is 1. The van der Waals surface area contributed by atoms with Crippen LogP contribution in [0.15, 0.2) is 48.5 Å². The SMILES string of the molecule is COc1ccc(-n2nc(C(F)(F)F)c3c2C(=O)N(c2ccc(N4CCNC4=O)cc2)CC3)cc1. The Morgan fingerprint density at radius 3 is 2.09 bits per heavy atom. The van der Waals surface area contributed by atoms with Crippen LogP contribution in [0.25, 0.3) is 5.69 Å². The summed E-state index contributed by atoms with van der Waals surface area (Å²) in [5, 5.41) is 6.51. The van der Waals surface area contributed by atoms with Gasteiger partial charge in [0.1, 0.15) is 11.4 Å². The monoisotopic (exact) mass is 471 g/mol. The van der Waals surface area contributed by atoms with Gasteiger partial charge < -0.3 is 15.0 Å². The summed E-state index contributed by atoms with van der Waals surface area (Å²) < 4.78 is 47.4. The van der Waals surface area contributed by atoms with Crippen LogP contribution in [0.4, 0.5) is 29.3 Å². The number of nitrogens with one attached hydrogen (secondary N) is 1. The molecular weight excluding hydrogens is 451 g/mol. The first-order valence-corrected chi connectivity index (χ1v) is 10.6. The van der Waals surface area contributed by atoms with Crippen LogP contribution in [0.2, 0.25) is 0 Å². The fourth-order valence-corrected chi connectivity index (χ4v) is 4.27. The molecule has 3 amide bonds. The Kier molecular flexibility index (Phi) is 5.18. The molecule has 2 aliphatic heterocycles. The molecule has 8 nitrogen and oxygen atoms in total. The molecule has 3 heterocycles. The van der Waals surface area contributed by atoms with E-state index in [2.05, 4.69) is 10.4 Å². The number of nitrogens with zero attached hydrogens (tertiary/aromatic N) is 4. The lowest BCUT2D eigenvalue weighted by molar-refractivity contribution is -0.141. The Morgan fingerprint density at radius 1 is 0.912 bits per heavy atom. The van der Waals surface area contributed by atoms with E-state index in [-0.39, 0.29) is 30.3 Å². The molecule has 11 heteroatoms. The van der Waals surface area contributed by atoms with Crippen molar-refractivity contribution >= 4 is 23.3 Å². The molecule has 5 rings (SSSR count). The molecule has 0 spiro atoms. The lowest BCUT2D eigenvalue weighted by Gasteiger charge is -2.28. The minimum absolute atomic E-state index is 0.00234. The van der Waals surface area contributed by atoms with Gasteiger partial charge in [-0.25, -0.2) is 9.48 Å². The maximum Gasteiger partial charge on any atom is 0.435 e. The number of aromatic nitrogens is 2. The molecule has 0 bridgehead atoms. The maximum atomic E-state index is 13.7. The number of halogens is 3. The average molecular weight is 471 g/mol. The van der Waals surface area contributed by atoms with Gasteiger partial charge in [-0.15, -0.1) is 0 Å². The highest BCUT2D eigenvalue weighted by molar-refractivity contribution is 6.07. The number of urea groups is 1. The summed E-state index contributed by atoms with van der Waals surface area (Å²) in [4.78, 5) is 28.4. The Morgan fingerprint density at radius 2 is 1.53 bits per heavy atom. The van der Waals surface area contributed by atoms with E-state index >= 15 is 0 Å². The van der Waals surface area contributed by atoms with Gasteiger partial charge in [-0.3, -0.25) is 9.69 Å². The van der Waals surface area contributed by atoms with E-state index in [1.54, 1.807) is 53.4 Å². The zero-order valence-corrected chi connectivity index (χ0v) is 18.1. The fraction of sp³-hybridized carbons (Fsp3) is 0.261. The maximum absolute atomic E-state index is 13.7. The van der Waals surface area contributed by atoms with E-state index in [4.69, 9.17) is 4.74 Å². The van der Waals surface area contributed by atoms with E-state index < -0.39 is 17.8 Å². The standard InChI is InChI=1S/C23H20F3N5O3/c1-34-17-8-6-16(7-9-17)31-19-18(20(28-31)23(24,25)26)10-12-29(21(19)32)14-2-4-15(5-3-14)30-13-11-27-22(30)33/h2-9H,10-13H2,1H3,(H,27,33). The van der Waals surface area contributed by atoms with Crippen molar-refractivity contribution in [1.29, 1.82) is 0 Å². The second kappa shape index (κ2) is 8.08. The molecule has 2 aliphatic rings. The Hall–Kier alpha value is -4.02. The van der Waals surface area contributed by atoms with Gasteiger partial charge in [0.2, 0.25) is 0 Å². The van der Waals surface area contributed by atoms with Crippen molar-refractivity contribution in [2.24, 2.45) is 0 Å². The minimum Gasteiger partial charge on any atom is -0.497 e. The summed E-state index contributed by atoms with van der Waals surface area (Å²) in [6.45, 7) is 1.16. The van der Waals surface area contributed by atoms with Gasteiger partial charge in [0.05, 0.1) is 12.8 Å². The zero-order chi connectivity index (χ0) is 24.0. The largest absolute Gasteiger partial charge is 0.497 e. The van der Waals surface area contributed by atoms with Crippen molar-refractivity contribution in [2.75, 3.05) is 36.5 Å². The predicted octanol–water partition coefficient (Wildman–Crippen LogP) is 3.63. The van der Waals surface area contributed by atoms with E-state index in [0.717, 1.165) is 4.68 Å². The molecule has 3 aromatic rings. The summed E-state index contributed by atoms with van der Waals surface area (Å²) in [5.74, 6) is -0.0488. The fourth-order valence-electron chi connectivity index (χ4n) is 4.27. The summed E-state index contributed by atoms with van der Waals surface area (Å²) in [5.41, 5.74) is 0.225. The molecule has 0 aliphatic carbocycles. The topological polar surface area (TPSA) is 79.7 Å². The molecule has 0 saturated carbocycles. The first kappa shape index (κ1) is 21.8. The van der Waals surface area contributed by atoms with Crippen molar-refractivity contribution in [3.8, 4) is 11.4 Å². The molecule has 176 valence electrons. The number of amides is 3. The van der Waals surface area contributed by atoms with E-state index in [1.165, 1.54) is 12.0 Å². The van der Waals surface area contributed by atoms with E-state index in [0.29, 0.717) is 35.9 Å². The van der Waals surface area contributed by atoms with Crippen molar-refractivity contribution in [1.82, 2.24) is 15.1 Å². The summed E-state index contributed by atoms with van der Waals surface area (Å²) >= 11 is 0. The molecule has 1 aromatic heterocycles. The van der Waals surface area contributed by atoms with Crippen LogP contribution in [-0.4, -0.2) is 48.5 Å². The highest BCUT2D eigenvalue weighted by Gasteiger charge is 2.43. The smallest absolute Gasteiger partial charge is 0.435 e. The van der Waals surface area contributed by atoms with Crippen LogP contribution < -0.4 is 19.9 Å². The number of hydrogen-bond donors (Lipinski definition) is 1. The first-order chi connectivity index (χ1) is 16.3. The summed E-state index contributed by atoms with van der Waals surface area (Å²) in [6, 6.07) is 12.9. The van der Waals surface area contributed by atoms with Crippen molar-refractivity contribution in [2.45, 2.75) is 12.6 Å². The second-order valence-corrected chi connectivity index (χ2v) is 7.89. The lowest BCUT2D eigenvalue weighted by Crippen LogP contribution is -2.39. The Balaban J connectivity index is 1.52. The van der Waals surface area contributed by atoms with Crippen LogP contribution in [-0.2, 0) is 12.6 Å². The molecule has 2 aromatic carbocycles. The molecule has 1 N–H and O–H groups in total. The first-order valence-electron chi connectivity index (χ1n) is 10.6. The third-order valence-corrected chi connectivity index (χ3v) is 5.93. The third kappa shape index (κ3) is 3.62. The van der Waals surface area contributed by atoms with E-state index in [9.17, 15) is 22.8 Å². The predicted molar refractivity (Wildman–Crippen MR) is 118 cm³/mol. The van der Waals surface area contributed by atoms with Crippen LogP contribution in [0.5, 0.6) is 5.75 Å². The number of benzene rings is 2. The molecule has 0 radical (unpaired) electrons. The van der Waals surface area contributed by atoms with Gasteiger partial charge in [0.25, 0.3) is 5.91 Å². The minimum atomic E-state index is -4.69. The number of alkyl halides is 3. The van der Waals surface area contributed by atoms with Crippen LogP contribution in [0.1, 0.15) is 21.7 Å². The quantitative estimate of drug-likeness (QED) is 0.630. The van der Waals surface area contributed by atoms with Crippen molar-refractivity contribution < 1.29 is 27.5 Å². The molecule has 34 heavy (non-hydrogen) atoms. The second-order valence-electron chi connectivity index (χ2n) is 7.89. The molecule has 0 unspecified atom stereocenters. The average Bonchev–Trinajstić information content (AvgIpc) is 3.44. The Bertz CT molecular complexity index is 1250. The van der Waals surface area contributed by atoms with Gasteiger partial charge in [-0.2, -0.15) is 18.3 Å². The highest BCUT2D eigenvalue weighted by Crippen LogP contribution is 2.37. The number of fused-ring (bicyclic) bond motifs is 1. The molecule has 1 saturated heterocycles. The molecular formula is C23H20F3N5O3. The Labute approximate surface area is 192 Å². The molecule has 0 atom stereocenters. The lowest BCUT2D eigenvalue weighted by atomic mass is 10.0. The van der Waals surface area contributed by atoms with Crippen LogP contribution in [0.3, 0.4) is 0 Å². The van der Waals surface area contributed by atoms with Crippen molar-refractivity contribution in [3.05, 3.63) is 65.5 Å². The van der Waals surface area contributed by atoms with Gasteiger partial charge in [-0.05, 0) is 55.0 Å². The number of carbonyl (C=O) groups excluding carboxylic acids is 2. The third-order valence-electron chi connectivity index (χ3n) is 5.93. The van der Waals surface area contributed by atoms with Crippen LogP contribution >= 0.6 is 0 Å². The number of anilines is 2. The number of hydrogen-bond acceptors (Lipinski definition) is 4. The van der Waals surface area contributed by atoms with Gasteiger partial charge in [-0.1, -0.05) is 0 Å². The number of methoxy groups -OCH3 is 1. The van der Waals surface area contributed by atoms with E-state index in [1.807, 2.05) is 0 Å². The highest BCUT2D eigenvalue weighted by atomic mass is 19.4. The normalized spacial score (nSPS) is 16.0. The van der Waals surface area contributed by atoms with Gasteiger partial charge in [0.15, 0.2) is 5.69 Å².